The predicted molar refractivity (Wildman–Crippen MR) is 31.9 cm³/mol. The molecular weight excluding hydrogens is 108 g/mol. The van der Waals surface area contributed by atoms with Gasteiger partial charge in [-0.05, 0) is 5.92 Å². The Morgan fingerprint density at radius 3 is 3.00 bits per heavy atom. The average molecular weight is 117 g/mol. The van der Waals surface area contributed by atoms with Crippen molar-refractivity contribution < 1.29 is 4.74 Å². The maximum Gasteiger partial charge on any atom is 0.138 e. The van der Waals surface area contributed by atoms with Crippen molar-refractivity contribution in [1.82, 2.24) is 0 Å². The lowest BCUT2D eigenvalue weighted by atomic mass is 10.2. The highest BCUT2D eigenvalue weighted by molar-refractivity contribution is 8.01. The fourth-order valence-corrected chi connectivity index (χ4v) is 1.18. The molecule has 0 aliphatic carbocycles. The monoisotopic (exact) mass is 117 g/mol. The third-order valence-electron chi connectivity index (χ3n) is 0.898. The van der Waals surface area contributed by atoms with Gasteiger partial charge in [-0.25, -0.2) is 0 Å². The molecule has 1 aliphatic rings. The average Bonchev–Trinajstić information content (AvgIpc) is 1.69. The molecule has 0 amide bonds. The van der Waals surface area contributed by atoms with Gasteiger partial charge in [0.05, 0.1) is 6.61 Å². The fourth-order valence-electron chi connectivity index (χ4n) is 0.503. The van der Waals surface area contributed by atoms with Gasteiger partial charge in [0.15, 0.2) is 0 Å². The van der Waals surface area contributed by atoms with Gasteiger partial charge < -0.3 is 4.74 Å². The topological polar surface area (TPSA) is 9.23 Å². The molecule has 1 fully saturated rings. The second-order valence-electron chi connectivity index (χ2n) is 1.87. The molecule has 1 radical (unpaired) electrons. The third kappa shape index (κ3) is 1.70. The summed E-state index contributed by atoms with van der Waals surface area (Å²) in [5.41, 5.74) is 0. The first-order chi connectivity index (χ1) is 3.39. The van der Waals surface area contributed by atoms with Crippen molar-refractivity contribution in [3.8, 4) is 0 Å². The minimum atomic E-state index is 0.745. The predicted octanol–water partition coefficient (Wildman–Crippen LogP) is 1.51. The van der Waals surface area contributed by atoms with E-state index >= 15 is 0 Å². The maximum atomic E-state index is 5.02. The third-order valence-corrected chi connectivity index (χ3v) is 1.93. The van der Waals surface area contributed by atoms with Crippen LogP contribution in [0.15, 0.2) is 0 Å². The van der Waals surface area contributed by atoms with Crippen molar-refractivity contribution in [2.24, 2.45) is 5.92 Å². The minimum absolute atomic E-state index is 0.745. The number of hydrogen-bond donors (Lipinski definition) is 0. The SMILES string of the molecule is CC1CO[CH]SC1. The molecule has 1 nitrogen and oxygen atoms in total. The van der Waals surface area contributed by atoms with Crippen LogP contribution in [0.2, 0.25) is 0 Å². The van der Waals surface area contributed by atoms with Crippen molar-refractivity contribution in [2.45, 2.75) is 6.92 Å². The van der Waals surface area contributed by atoms with Crippen molar-refractivity contribution >= 4 is 11.8 Å². The van der Waals surface area contributed by atoms with E-state index in [1.165, 1.54) is 5.75 Å². The summed E-state index contributed by atoms with van der Waals surface area (Å²) in [5.74, 6) is 3.79. The molecule has 1 rings (SSSR count). The largest absolute Gasteiger partial charge is 0.364 e. The molecule has 1 heterocycles. The molecule has 0 bridgehead atoms. The van der Waals surface area contributed by atoms with Crippen molar-refractivity contribution in [3.63, 3.8) is 0 Å². The molecule has 0 N–H and O–H groups in total. The van der Waals surface area contributed by atoms with Crippen LogP contribution in [0.4, 0.5) is 0 Å². The van der Waals surface area contributed by atoms with Crippen LogP contribution in [-0.2, 0) is 4.74 Å². The Kier molecular flexibility index (Phi) is 2.00. The molecule has 41 valence electrons. The van der Waals surface area contributed by atoms with Crippen molar-refractivity contribution in [2.75, 3.05) is 12.4 Å². The van der Waals surface area contributed by atoms with Crippen molar-refractivity contribution in [1.29, 1.82) is 0 Å². The molecule has 0 aromatic carbocycles. The van der Waals surface area contributed by atoms with Gasteiger partial charge in [0.1, 0.15) is 5.94 Å². The summed E-state index contributed by atoms with van der Waals surface area (Å²) in [6.07, 6.45) is 0. The quantitative estimate of drug-likeness (QED) is 0.475. The van der Waals surface area contributed by atoms with Gasteiger partial charge >= 0.3 is 0 Å². The summed E-state index contributed by atoms with van der Waals surface area (Å²) < 4.78 is 5.02. The lowest BCUT2D eigenvalue weighted by Gasteiger charge is -2.15. The lowest BCUT2D eigenvalue weighted by Crippen LogP contribution is -2.11. The summed E-state index contributed by atoms with van der Waals surface area (Å²) in [6.45, 7) is 3.10. The molecule has 0 aromatic heterocycles. The number of rotatable bonds is 0. The molecule has 1 atom stereocenters. The molecular formula is C5H9OS. The zero-order chi connectivity index (χ0) is 5.11. The number of hydrogen-bond acceptors (Lipinski definition) is 2. The summed E-state index contributed by atoms with van der Waals surface area (Å²) in [6, 6.07) is 0. The van der Waals surface area contributed by atoms with E-state index in [0.29, 0.717) is 0 Å². The van der Waals surface area contributed by atoms with E-state index < -0.39 is 0 Å². The van der Waals surface area contributed by atoms with E-state index in [4.69, 9.17) is 4.74 Å². The van der Waals surface area contributed by atoms with E-state index in [2.05, 4.69) is 6.92 Å². The summed E-state index contributed by atoms with van der Waals surface area (Å²) in [7, 11) is 0. The molecule has 7 heavy (non-hydrogen) atoms. The highest BCUT2D eigenvalue weighted by Crippen LogP contribution is 2.18. The van der Waals surface area contributed by atoms with Crippen LogP contribution < -0.4 is 0 Å². The molecule has 0 saturated carbocycles. The zero-order valence-electron chi connectivity index (χ0n) is 4.39. The molecule has 0 aromatic rings. The Balaban J connectivity index is 2.12. The van der Waals surface area contributed by atoms with Gasteiger partial charge in [0, 0.05) is 5.75 Å². The second kappa shape index (κ2) is 2.58. The van der Waals surface area contributed by atoms with Crippen LogP contribution in [0, 0.1) is 11.9 Å². The Hall–Kier alpha value is 0.310. The summed E-state index contributed by atoms with van der Waals surface area (Å²) in [5, 5.41) is 0. The first-order valence-electron chi connectivity index (χ1n) is 2.44. The van der Waals surface area contributed by atoms with Gasteiger partial charge in [0.2, 0.25) is 0 Å². The van der Waals surface area contributed by atoms with E-state index in [0.717, 1.165) is 12.5 Å². The number of ether oxygens (including phenoxy) is 1. The normalized spacial score (nSPS) is 33.0. The Morgan fingerprint density at radius 1 is 1.86 bits per heavy atom. The molecule has 1 unspecified atom stereocenters. The van der Waals surface area contributed by atoms with Crippen LogP contribution in [0.3, 0.4) is 0 Å². The molecule has 0 spiro atoms. The van der Waals surface area contributed by atoms with E-state index in [1.807, 2.05) is 5.94 Å². The highest BCUT2D eigenvalue weighted by Gasteiger charge is 2.07. The van der Waals surface area contributed by atoms with Gasteiger partial charge in [-0.2, -0.15) is 0 Å². The maximum absolute atomic E-state index is 5.02. The smallest absolute Gasteiger partial charge is 0.138 e. The highest BCUT2D eigenvalue weighted by atomic mass is 32.2. The van der Waals surface area contributed by atoms with E-state index in [9.17, 15) is 0 Å². The van der Waals surface area contributed by atoms with Crippen LogP contribution in [-0.4, -0.2) is 12.4 Å². The molecule has 1 saturated heterocycles. The summed E-state index contributed by atoms with van der Waals surface area (Å²) >= 11 is 1.76. The minimum Gasteiger partial charge on any atom is -0.364 e. The van der Waals surface area contributed by atoms with Crippen LogP contribution >= 0.6 is 11.8 Å². The fraction of sp³-hybridized carbons (Fsp3) is 0.800. The second-order valence-corrected chi connectivity index (χ2v) is 2.73. The first kappa shape index (κ1) is 5.45. The van der Waals surface area contributed by atoms with Crippen molar-refractivity contribution in [3.05, 3.63) is 5.94 Å². The van der Waals surface area contributed by atoms with Crippen LogP contribution in [0.1, 0.15) is 6.92 Å². The molecule has 2 heteroatoms. The molecule has 1 aliphatic heterocycles. The Morgan fingerprint density at radius 2 is 2.71 bits per heavy atom. The van der Waals surface area contributed by atoms with Gasteiger partial charge in [-0.1, -0.05) is 6.92 Å². The van der Waals surface area contributed by atoms with Gasteiger partial charge in [0.25, 0.3) is 0 Å². The Bertz CT molecular complexity index is 50.0. The zero-order valence-corrected chi connectivity index (χ0v) is 5.20. The summed E-state index contributed by atoms with van der Waals surface area (Å²) in [4.78, 5) is 0. The van der Waals surface area contributed by atoms with E-state index in [1.54, 1.807) is 11.8 Å². The van der Waals surface area contributed by atoms with Gasteiger partial charge in [-0.15, -0.1) is 11.8 Å². The number of thioether (sulfide) groups is 1. The Labute approximate surface area is 48.4 Å². The van der Waals surface area contributed by atoms with Crippen LogP contribution in [0.5, 0.6) is 0 Å². The van der Waals surface area contributed by atoms with Crippen LogP contribution in [0.25, 0.3) is 0 Å². The van der Waals surface area contributed by atoms with Gasteiger partial charge in [-0.3, -0.25) is 0 Å². The van der Waals surface area contributed by atoms with E-state index in [-0.39, 0.29) is 0 Å². The first-order valence-corrected chi connectivity index (χ1v) is 3.49. The lowest BCUT2D eigenvalue weighted by molar-refractivity contribution is 0.188. The standard InChI is InChI=1S/C5H9OS/c1-5-2-6-4-7-3-5/h4-5H,2-3H2,1H3.